The average molecular weight is 621 g/mol. The number of benzene rings is 2. The van der Waals surface area contributed by atoms with Crippen molar-refractivity contribution in [2.75, 3.05) is 54.7 Å². The quantitative estimate of drug-likeness (QED) is 0.324. The molecule has 0 radical (unpaired) electrons. The van der Waals surface area contributed by atoms with Crippen molar-refractivity contribution in [1.82, 2.24) is 9.80 Å². The summed E-state index contributed by atoms with van der Waals surface area (Å²) in [6, 6.07) is 6.81. The first-order valence-corrected chi connectivity index (χ1v) is 15.4. The van der Waals surface area contributed by atoms with Crippen LogP contribution >= 0.6 is 0 Å². The molecule has 2 aromatic rings. The fraction of sp³-hybridized carbons (Fsp3) is 0.515. The molecule has 12 heteroatoms. The van der Waals surface area contributed by atoms with Crippen molar-refractivity contribution >= 4 is 35.6 Å². The highest BCUT2D eigenvalue weighted by atomic mass is 16.5. The van der Waals surface area contributed by atoms with Gasteiger partial charge in [-0.25, -0.2) is 0 Å². The molecule has 4 atom stereocenters. The molecular weight excluding hydrogens is 580 g/mol. The maximum Gasteiger partial charge on any atom is 0.256 e. The van der Waals surface area contributed by atoms with E-state index >= 15 is 0 Å². The Hall–Kier alpha value is -4.16. The van der Waals surface area contributed by atoms with Crippen molar-refractivity contribution < 1.29 is 38.0 Å². The lowest BCUT2D eigenvalue weighted by Crippen LogP contribution is -2.35. The van der Waals surface area contributed by atoms with Crippen molar-refractivity contribution in [2.24, 2.45) is 9.98 Å². The number of ether oxygens (including phenoxy) is 6. The van der Waals surface area contributed by atoms with E-state index in [9.17, 15) is 9.59 Å². The number of aliphatic imine (C=N–C) groups is 2. The fourth-order valence-electron chi connectivity index (χ4n) is 6.33. The Morgan fingerprint density at radius 2 is 1.09 bits per heavy atom. The molecule has 0 spiro atoms. The van der Waals surface area contributed by atoms with Gasteiger partial charge in [-0.05, 0) is 31.4 Å². The smallest absolute Gasteiger partial charge is 0.256 e. The van der Waals surface area contributed by atoms with E-state index in [1.807, 2.05) is 12.4 Å². The molecule has 6 rings (SSSR count). The Labute approximate surface area is 262 Å². The minimum absolute atomic E-state index is 0.00882. The third kappa shape index (κ3) is 6.21. The van der Waals surface area contributed by atoms with Crippen LogP contribution in [0.15, 0.2) is 34.3 Å². The zero-order chi connectivity index (χ0) is 31.5. The summed E-state index contributed by atoms with van der Waals surface area (Å²) in [6.45, 7) is 2.02. The molecule has 45 heavy (non-hydrogen) atoms. The van der Waals surface area contributed by atoms with E-state index in [4.69, 9.17) is 28.4 Å². The summed E-state index contributed by atoms with van der Waals surface area (Å²) in [5, 5.41) is 0. The summed E-state index contributed by atoms with van der Waals surface area (Å²) < 4.78 is 34.2. The molecule has 2 saturated heterocycles. The van der Waals surface area contributed by atoms with Gasteiger partial charge in [-0.3, -0.25) is 19.6 Å². The molecule has 0 bridgehead atoms. The van der Waals surface area contributed by atoms with E-state index < -0.39 is 0 Å². The number of amides is 2. The minimum Gasteiger partial charge on any atom is -0.493 e. The lowest BCUT2D eigenvalue weighted by molar-refractivity contribution is 0.0708. The van der Waals surface area contributed by atoms with E-state index in [2.05, 4.69) is 9.98 Å². The number of hydrogen-bond donors (Lipinski definition) is 0. The highest BCUT2D eigenvalue weighted by Gasteiger charge is 2.39. The number of hydrogen-bond acceptors (Lipinski definition) is 10. The molecule has 0 N–H and O–H groups in total. The van der Waals surface area contributed by atoms with Gasteiger partial charge in [0.05, 0.1) is 74.2 Å². The van der Waals surface area contributed by atoms with Gasteiger partial charge in [0.25, 0.3) is 11.8 Å². The van der Waals surface area contributed by atoms with Crippen molar-refractivity contribution in [3.05, 3.63) is 35.4 Å². The standard InChI is InChI=1S/C33H40N4O8/c1-40-22-10-20-16-34-26-14-30(28(42-3)12-24(26)32(38)36(20)18-22)44-8-6-5-7-9-45-31-15-27-25(13-29(31)43-4)33(39)37-19-23(41-2)11-21(37)17-35-27/h12-17,20-23H,5-11,18-19H2,1-4H3/t20-,21?,22?,23?/m0/s1. The number of carbonyl (C=O) groups excluding carboxylic acids is 2. The monoisotopic (exact) mass is 620 g/mol. The molecular formula is C33H40N4O8. The van der Waals surface area contributed by atoms with Crippen molar-refractivity contribution in [3.63, 3.8) is 0 Å². The molecule has 0 aliphatic carbocycles. The van der Waals surface area contributed by atoms with E-state index in [1.54, 1.807) is 62.5 Å². The summed E-state index contributed by atoms with van der Waals surface area (Å²) in [5.74, 6) is 1.94. The molecule has 4 aliphatic heterocycles. The number of rotatable bonds is 12. The molecule has 240 valence electrons. The number of methoxy groups -OCH3 is 4. The third-order valence-corrected chi connectivity index (χ3v) is 8.90. The number of carbonyl (C=O) groups is 2. The normalized spacial score (nSPS) is 23.2. The van der Waals surface area contributed by atoms with E-state index in [1.165, 1.54) is 0 Å². The molecule has 12 nitrogen and oxygen atoms in total. The fourth-order valence-corrected chi connectivity index (χ4v) is 6.33. The van der Waals surface area contributed by atoms with Gasteiger partial charge in [0.1, 0.15) is 0 Å². The van der Waals surface area contributed by atoms with Crippen LogP contribution in [0.5, 0.6) is 23.0 Å². The third-order valence-electron chi connectivity index (χ3n) is 8.90. The number of unbranched alkanes of at least 4 members (excludes halogenated alkanes) is 2. The van der Waals surface area contributed by atoms with Crippen LogP contribution < -0.4 is 18.9 Å². The van der Waals surface area contributed by atoms with Gasteiger partial charge in [0, 0.05) is 64.7 Å². The molecule has 4 heterocycles. The largest absolute Gasteiger partial charge is 0.493 e. The van der Waals surface area contributed by atoms with Crippen LogP contribution in [0, 0.1) is 0 Å². The lowest BCUT2D eigenvalue weighted by atomic mass is 10.1. The van der Waals surface area contributed by atoms with E-state index in [0.717, 1.165) is 32.1 Å². The molecule has 2 aromatic carbocycles. The van der Waals surface area contributed by atoms with Gasteiger partial charge in [-0.1, -0.05) is 0 Å². The van der Waals surface area contributed by atoms with E-state index in [-0.39, 0.29) is 36.1 Å². The summed E-state index contributed by atoms with van der Waals surface area (Å²) in [5.41, 5.74) is 2.14. The molecule has 3 unspecified atom stereocenters. The number of fused-ring (bicyclic) bond motifs is 4. The highest BCUT2D eigenvalue weighted by molar-refractivity contribution is 6.04. The Bertz CT molecular complexity index is 1380. The zero-order valence-corrected chi connectivity index (χ0v) is 26.2. The Kier molecular flexibility index (Phi) is 9.22. The number of nitrogens with zero attached hydrogens (tertiary/aromatic N) is 4. The minimum atomic E-state index is -0.0877. The maximum absolute atomic E-state index is 13.3. The first-order chi connectivity index (χ1) is 21.9. The summed E-state index contributed by atoms with van der Waals surface area (Å²) in [7, 11) is 6.46. The van der Waals surface area contributed by atoms with Crippen LogP contribution in [0.3, 0.4) is 0 Å². The van der Waals surface area contributed by atoms with Crippen molar-refractivity contribution in [1.29, 1.82) is 0 Å². The average Bonchev–Trinajstić information content (AvgIpc) is 3.63. The van der Waals surface area contributed by atoms with Crippen molar-refractivity contribution in [2.45, 2.75) is 56.4 Å². The predicted molar refractivity (Wildman–Crippen MR) is 168 cm³/mol. The summed E-state index contributed by atoms with van der Waals surface area (Å²) in [6.07, 6.45) is 7.56. The second-order valence-electron chi connectivity index (χ2n) is 11.6. The SMILES string of the molecule is COc1cc2c(cc1OCCCCCOc1cc3c(cc1OC)C(=O)N1CC(OC)C[C@H]1C=N3)N=CC1CC(OC)CN1C2=O. The Morgan fingerprint density at radius 3 is 1.49 bits per heavy atom. The molecule has 0 saturated carbocycles. The van der Waals surface area contributed by atoms with Crippen LogP contribution in [-0.2, 0) is 9.47 Å². The van der Waals surface area contributed by atoms with Gasteiger partial charge in [-0.15, -0.1) is 0 Å². The lowest BCUT2D eigenvalue weighted by Gasteiger charge is -2.20. The van der Waals surface area contributed by atoms with Crippen LogP contribution in [0.2, 0.25) is 0 Å². The zero-order valence-electron chi connectivity index (χ0n) is 26.2. The van der Waals surface area contributed by atoms with Gasteiger partial charge in [0.15, 0.2) is 23.0 Å². The van der Waals surface area contributed by atoms with E-state index in [0.29, 0.717) is 71.8 Å². The second kappa shape index (κ2) is 13.5. The summed E-state index contributed by atoms with van der Waals surface area (Å²) in [4.78, 5) is 39.4. The van der Waals surface area contributed by atoms with Gasteiger partial charge >= 0.3 is 0 Å². The van der Waals surface area contributed by atoms with Gasteiger partial charge in [-0.2, -0.15) is 0 Å². The first-order valence-electron chi connectivity index (χ1n) is 15.4. The Morgan fingerprint density at radius 1 is 0.644 bits per heavy atom. The Balaban J connectivity index is 1.01. The van der Waals surface area contributed by atoms with Crippen LogP contribution in [0.25, 0.3) is 0 Å². The summed E-state index contributed by atoms with van der Waals surface area (Å²) >= 11 is 0. The van der Waals surface area contributed by atoms with Gasteiger partial charge in [0.2, 0.25) is 0 Å². The van der Waals surface area contributed by atoms with Crippen molar-refractivity contribution in [3.8, 4) is 23.0 Å². The van der Waals surface area contributed by atoms with Gasteiger partial charge < -0.3 is 38.2 Å². The highest BCUT2D eigenvalue weighted by Crippen LogP contribution is 2.40. The molecule has 0 aromatic heterocycles. The maximum atomic E-state index is 13.3. The van der Waals surface area contributed by atoms with Crippen LogP contribution in [0.4, 0.5) is 11.4 Å². The first kappa shape index (κ1) is 30.8. The predicted octanol–water partition coefficient (Wildman–Crippen LogP) is 4.22. The molecule has 4 aliphatic rings. The van der Waals surface area contributed by atoms with Crippen LogP contribution in [-0.4, -0.2) is 113 Å². The topological polar surface area (TPSA) is 121 Å². The molecule has 2 amide bonds. The second-order valence-corrected chi connectivity index (χ2v) is 11.6. The van der Waals surface area contributed by atoms with Crippen LogP contribution in [0.1, 0.15) is 52.8 Å². The molecule has 2 fully saturated rings.